The number of carbonyl (C=O) groups excluding carboxylic acids is 3. The standard InChI is InChI=1S/C14H17N3O4/c1-8(18)12-4-3-10(5-13(12)15)17-7-11(21-14(17)20)6-16-9(2)19/h3-5,11H,6-7,15H2,1-2H3,(H,16,19). The van der Waals surface area contributed by atoms with Gasteiger partial charge >= 0.3 is 6.09 Å². The number of carbonyl (C=O) groups is 3. The van der Waals surface area contributed by atoms with Crippen LogP contribution < -0.4 is 16.0 Å². The average molecular weight is 291 g/mol. The fourth-order valence-electron chi connectivity index (χ4n) is 2.13. The van der Waals surface area contributed by atoms with Gasteiger partial charge < -0.3 is 15.8 Å². The van der Waals surface area contributed by atoms with Crippen LogP contribution in [0.5, 0.6) is 0 Å². The predicted molar refractivity (Wildman–Crippen MR) is 77.2 cm³/mol. The molecule has 0 radical (unpaired) electrons. The van der Waals surface area contributed by atoms with Gasteiger partial charge in [-0.2, -0.15) is 0 Å². The van der Waals surface area contributed by atoms with Crippen LogP contribution in [0.2, 0.25) is 0 Å². The number of nitrogens with two attached hydrogens (primary N) is 1. The van der Waals surface area contributed by atoms with Crippen LogP contribution in [0.3, 0.4) is 0 Å². The van der Waals surface area contributed by atoms with Crippen LogP contribution in [0, 0.1) is 0 Å². The molecule has 1 atom stereocenters. The minimum atomic E-state index is -0.500. The van der Waals surface area contributed by atoms with Crippen LogP contribution in [0.4, 0.5) is 16.2 Å². The lowest BCUT2D eigenvalue weighted by Crippen LogP contribution is -2.33. The number of cyclic esters (lactones) is 1. The van der Waals surface area contributed by atoms with Crippen molar-refractivity contribution < 1.29 is 19.1 Å². The van der Waals surface area contributed by atoms with Crippen molar-refractivity contribution in [2.45, 2.75) is 20.0 Å². The van der Waals surface area contributed by atoms with Gasteiger partial charge in [-0.1, -0.05) is 0 Å². The maximum absolute atomic E-state index is 11.8. The summed E-state index contributed by atoms with van der Waals surface area (Å²) in [6.07, 6.45) is -0.907. The molecule has 1 saturated heterocycles. The molecule has 1 aromatic carbocycles. The highest BCUT2D eigenvalue weighted by Gasteiger charge is 2.32. The van der Waals surface area contributed by atoms with E-state index in [1.807, 2.05) is 0 Å². The largest absolute Gasteiger partial charge is 0.442 e. The van der Waals surface area contributed by atoms with Crippen LogP contribution in [0.1, 0.15) is 24.2 Å². The number of anilines is 2. The molecule has 7 nitrogen and oxygen atoms in total. The number of Topliss-reactive ketones (excluding diaryl/α,β-unsaturated/α-hetero) is 1. The van der Waals surface area contributed by atoms with E-state index in [0.717, 1.165) is 0 Å². The summed E-state index contributed by atoms with van der Waals surface area (Å²) < 4.78 is 5.16. The van der Waals surface area contributed by atoms with E-state index in [0.29, 0.717) is 23.5 Å². The van der Waals surface area contributed by atoms with Crippen molar-refractivity contribution in [1.29, 1.82) is 0 Å². The summed E-state index contributed by atoms with van der Waals surface area (Å²) in [7, 11) is 0. The van der Waals surface area contributed by atoms with Gasteiger partial charge in [-0.3, -0.25) is 14.5 Å². The van der Waals surface area contributed by atoms with Crippen molar-refractivity contribution in [3.05, 3.63) is 23.8 Å². The van der Waals surface area contributed by atoms with Gasteiger partial charge in [0.15, 0.2) is 5.78 Å². The number of hydrogen-bond donors (Lipinski definition) is 2. The minimum absolute atomic E-state index is 0.133. The zero-order chi connectivity index (χ0) is 15.6. The second kappa shape index (κ2) is 5.82. The van der Waals surface area contributed by atoms with Crippen LogP contribution >= 0.6 is 0 Å². The molecular weight excluding hydrogens is 274 g/mol. The van der Waals surface area contributed by atoms with E-state index in [1.54, 1.807) is 18.2 Å². The normalized spacial score (nSPS) is 17.5. The SMILES string of the molecule is CC(=O)NCC1CN(c2ccc(C(C)=O)c(N)c2)C(=O)O1. The second-order valence-electron chi connectivity index (χ2n) is 4.88. The zero-order valence-electron chi connectivity index (χ0n) is 11.9. The van der Waals surface area contributed by atoms with E-state index in [4.69, 9.17) is 10.5 Å². The molecule has 2 amide bonds. The highest BCUT2D eigenvalue weighted by atomic mass is 16.6. The lowest BCUT2D eigenvalue weighted by Gasteiger charge is -2.14. The summed E-state index contributed by atoms with van der Waals surface area (Å²) in [5.74, 6) is -0.314. The van der Waals surface area contributed by atoms with Crippen LogP contribution in [0.15, 0.2) is 18.2 Å². The van der Waals surface area contributed by atoms with Gasteiger partial charge in [0, 0.05) is 23.9 Å². The third-order valence-electron chi connectivity index (χ3n) is 3.18. The summed E-state index contributed by atoms with van der Waals surface area (Å²) in [6, 6.07) is 4.80. The number of nitrogens with zero attached hydrogens (tertiary/aromatic N) is 1. The van der Waals surface area contributed by atoms with E-state index in [1.165, 1.54) is 18.7 Å². The first kappa shape index (κ1) is 14.8. The summed E-state index contributed by atoms with van der Waals surface area (Å²) in [4.78, 5) is 35.5. The molecule has 1 heterocycles. The molecule has 21 heavy (non-hydrogen) atoms. The quantitative estimate of drug-likeness (QED) is 0.634. The molecule has 1 aliphatic heterocycles. The molecule has 1 unspecified atom stereocenters. The Morgan fingerprint density at radius 2 is 2.14 bits per heavy atom. The summed E-state index contributed by atoms with van der Waals surface area (Å²) >= 11 is 0. The van der Waals surface area contributed by atoms with E-state index in [-0.39, 0.29) is 18.2 Å². The Hall–Kier alpha value is -2.57. The van der Waals surface area contributed by atoms with E-state index in [9.17, 15) is 14.4 Å². The topological polar surface area (TPSA) is 102 Å². The van der Waals surface area contributed by atoms with E-state index < -0.39 is 12.2 Å². The molecule has 7 heteroatoms. The Balaban J connectivity index is 2.12. The molecule has 1 aliphatic rings. The van der Waals surface area contributed by atoms with Gasteiger partial charge in [0.05, 0.1) is 13.1 Å². The van der Waals surface area contributed by atoms with Crippen molar-refractivity contribution >= 4 is 29.2 Å². The van der Waals surface area contributed by atoms with Crippen molar-refractivity contribution in [3.8, 4) is 0 Å². The molecule has 3 N–H and O–H groups in total. The number of amides is 2. The Kier molecular flexibility index (Phi) is 4.11. The maximum Gasteiger partial charge on any atom is 0.414 e. The maximum atomic E-state index is 11.8. The van der Waals surface area contributed by atoms with Crippen molar-refractivity contribution in [2.24, 2.45) is 0 Å². The first-order valence-corrected chi connectivity index (χ1v) is 6.51. The Labute approximate surface area is 122 Å². The summed E-state index contributed by atoms with van der Waals surface area (Å²) in [5, 5.41) is 2.60. The van der Waals surface area contributed by atoms with Crippen molar-refractivity contribution in [3.63, 3.8) is 0 Å². The molecule has 112 valence electrons. The first-order valence-electron chi connectivity index (χ1n) is 6.51. The lowest BCUT2D eigenvalue weighted by molar-refractivity contribution is -0.119. The van der Waals surface area contributed by atoms with Gasteiger partial charge in [0.2, 0.25) is 5.91 Å². The molecule has 0 aromatic heterocycles. The van der Waals surface area contributed by atoms with Gasteiger partial charge in [-0.25, -0.2) is 4.79 Å². The number of rotatable bonds is 4. The predicted octanol–water partition coefficient (Wildman–Crippen LogP) is 0.933. The Morgan fingerprint density at radius 3 is 2.71 bits per heavy atom. The Morgan fingerprint density at radius 1 is 1.43 bits per heavy atom. The fourth-order valence-corrected chi connectivity index (χ4v) is 2.13. The van der Waals surface area contributed by atoms with E-state index >= 15 is 0 Å². The molecule has 0 saturated carbocycles. The number of nitrogen functional groups attached to an aromatic ring is 1. The minimum Gasteiger partial charge on any atom is -0.442 e. The van der Waals surface area contributed by atoms with Crippen LogP contribution in [-0.2, 0) is 9.53 Å². The average Bonchev–Trinajstić information content (AvgIpc) is 2.77. The van der Waals surface area contributed by atoms with Gasteiger partial charge in [-0.15, -0.1) is 0 Å². The van der Waals surface area contributed by atoms with Gasteiger partial charge in [-0.05, 0) is 25.1 Å². The zero-order valence-corrected chi connectivity index (χ0v) is 11.9. The number of benzene rings is 1. The molecule has 0 bridgehead atoms. The number of nitrogens with one attached hydrogen (secondary N) is 1. The van der Waals surface area contributed by atoms with Crippen LogP contribution in [0.25, 0.3) is 0 Å². The number of ketones is 1. The number of hydrogen-bond acceptors (Lipinski definition) is 5. The molecule has 0 spiro atoms. The Bertz CT molecular complexity index is 600. The smallest absolute Gasteiger partial charge is 0.414 e. The summed E-state index contributed by atoms with van der Waals surface area (Å²) in [6.45, 7) is 3.41. The van der Waals surface area contributed by atoms with Gasteiger partial charge in [0.1, 0.15) is 6.10 Å². The van der Waals surface area contributed by atoms with Gasteiger partial charge in [0.25, 0.3) is 0 Å². The molecule has 1 aromatic rings. The molecule has 0 aliphatic carbocycles. The monoisotopic (exact) mass is 291 g/mol. The molecular formula is C14H17N3O4. The van der Waals surface area contributed by atoms with Crippen LogP contribution in [-0.4, -0.2) is 37.0 Å². The molecule has 1 fully saturated rings. The third kappa shape index (κ3) is 3.31. The van der Waals surface area contributed by atoms with Crippen molar-refractivity contribution in [2.75, 3.05) is 23.7 Å². The highest BCUT2D eigenvalue weighted by Crippen LogP contribution is 2.25. The summed E-state index contributed by atoms with van der Waals surface area (Å²) in [5.41, 5.74) is 7.11. The lowest BCUT2D eigenvalue weighted by atomic mass is 10.1. The number of ether oxygens (including phenoxy) is 1. The second-order valence-corrected chi connectivity index (χ2v) is 4.88. The first-order chi connectivity index (χ1) is 9.88. The molecule has 2 rings (SSSR count). The van der Waals surface area contributed by atoms with Crippen molar-refractivity contribution in [1.82, 2.24) is 5.32 Å². The fraction of sp³-hybridized carbons (Fsp3) is 0.357. The highest BCUT2D eigenvalue weighted by molar-refractivity contribution is 6.00. The van der Waals surface area contributed by atoms with E-state index in [2.05, 4.69) is 5.32 Å². The third-order valence-corrected chi connectivity index (χ3v) is 3.18.